The van der Waals surface area contributed by atoms with Crippen molar-refractivity contribution in [3.63, 3.8) is 0 Å². The first-order valence-electron chi connectivity index (χ1n) is 5.91. The molecule has 0 aromatic rings. The van der Waals surface area contributed by atoms with Crippen LogP contribution >= 0.6 is 0 Å². The highest BCUT2D eigenvalue weighted by Gasteiger charge is 2.55. The lowest BCUT2D eigenvalue weighted by molar-refractivity contribution is -0.139. The van der Waals surface area contributed by atoms with Gasteiger partial charge in [0.25, 0.3) is 0 Å². The maximum atomic E-state index is 6.20. The molecule has 0 N–H and O–H groups in total. The van der Waals surface area contributed by atoms with Gasteiger partial charge < -0.3 is 9.47 Å². The topological polar surface area (TPSA) is 18.5 Å². The molecule has 2 saturated heterocycles. The largest absolute Gasteiger partial charge is 0.372 e. The van der Waals surface area contributed by atoms with Crippen LogP contribution < -0.4 is 0 Å². The number of fused-ring (bicyclic) bond motifs is 1. The van der Waals surface area contributed by atoms with Crippen LogP contribution in [-0.4, -0.2) is 24.4 Å². The molecule has 3 atom stereocenters. The molecule has 1 saturated carbocycles. The normalized spacial score (nSPS) is 50.1. The fourth-order valence-electron chi connectivity index (χ4n) is 3.20. The third-order valence-corrected chi connectivity index (χ3v) is 4.63. The summed E-state index contributed by atoms with van der Waals surface area (Å²) < 4.78 is 12.0. The summed E-state index contributed by atoms with van der Waals surface area (Å²) in [7, 11) is 0. The molecule has 2 heteroatoms. The van der Waals surface area contributed by atoms with E-state index in [-0.39, 0.29) is 11.2 Å². The van der Waals surface area contributed by atoms with Gasteiger partial charge >= 0.3 is 0 Å². The molecule has 0 unspecified atom stereocenters. The summed E-state index contributed by atoms with van der Waals surface area (Å²) in [6.07, 6.45) is 5.08. The van der Waals surface area contributed by atoms with E-state index in [1.54, 1.807) is 0 Å². The lowest BCUT2D eigenvalue weighted by atomic mass is 9.81. The number of ether oxygens (including phenoxy) is 2. The van der Waals surface area contributed by atoms with Crippen molar-refractivity contribution in [2.75, 3.05) is 13.2 Å². The summed E-state index contributed by atoms with van der Waals surface area (Å²) >= 11 is 0. The Balaban J connectivity index is 1.81. The highest BCUT2D eigenvalue weighted by atomic mass is 16.6. The van der Waals surface area contributed by atoms with E-state index in [0.717, 1.165) is 31.5 Å². The predicted molar refractivity (Wildman–Crippen MR) is 54.2 cm³/mol. The Labute approximate surface area is 86.0 Å². The Morgan fingerprint density at radius 2 is 1.93 bits per heavy atom. The van der Waals surface area contributed by atoms with Crippen LogP contribution in [0.3, 0.4) is 0 Å². The van der Waals surface area contributed by atoms with Crippen LogP contribution in [0.5, 0.6) is 0 Å². The van der Waals surface area contributed by atoms with Gasteiger partial charge in [-0.1, -0.05) is 0 Å². The second-order valence-electron chi connectivity index (χ2n) is 5.71. The van der Waals surface area contributed by atoms with Crippen LogP contribution in [0.2, 0.25) is 0 Å². The molecule has 0 amide bonds. The molecule has 1 aliphatic carbocycles. The average Bonchev–Trinajstić information content (AvgIpc) is 2.80. The minimum atomic E-state index is -0.0657. The molecule has 3 fully saturated rings. The third kappa shape index (κ3) is 1.17. The third-order valence-electron chi connectivity index (χ3n) is 4.63. The first-order valence-corrected chi connectivity index (χ1v) is 5.91. The van der Waals surface area contributed by atoms with Crippen molar-refractivity contribution in [1.82, 2.24) is 0 Å². The van der Waals surface area contributed by atoms with Gasteiger partial charge in [-0.15, -0.1) is 0 Å². The van der Waals surface area contributed by atoms with Gasteiger partial charge in [0.15, 0.2) is 0 Å². The molecule has 80 valence electrons. The highest BCUT2D eigenvalue weighted by molar-refractivity contribution is 5.04. The summed E-state index contributed by atoms with van der Waals surface area (Å²) in [6.45, 7) is 6.24. The summed E-state index contributed by atoms with van der Waals surface area (Å²) in [6, 6.07) is 0. The van der Waals surface area contributed by atoms with E-state index < -0.39 is 0 Å². The second-order valence-corrected chi connectivity index (χ2v) is 5.71. The number of rotatable bonds is 0. The minimum absolute atomic E-state index is 0.0421. The minimum Gasteiger partial charge on any atom is -0.372 e. The van der Waals surface area contributed by atoms with Crippen molar-refractivity contribution < 1.29 is 9.47 Å². The molecular formula is C12H20O2. The first kappa shape index (κ1) is 9.17. The van der Waals surface area contributed by atoms with Crippen molar-refractivity contribution in [3.05, 3.63) is 0 Å². The molecule has 14 heavy (non-hydrogen) atoms. The Morgan fingerprint density at radius 3 is 2.64 bits per heavy atom. The van der Waals surface area contributed by atoms with Crippen LogP contribution in [0.4, 0.5) is 0 Å². The lowest BCUT2D eigenvalue weighted by Gasteiger charge is -2.39. The van der Waals surface area contributed by atoms with E-state index in [0.29, 0.717) is 0 Å². The Bertz CT molecular complexity index is 235. The highest BCUT2D eigenvalue weighted by Crippen LogP contribution is 2.52. The van der Waals surface area contributed by atoms with Gasteiger partial charge in [0.1, 0.15) is 0 Å². The van der Waals surface area contributed by atoms with Crippen molar-refractivity contribution in [1.29, 1.82) is 0 Å². The van der Waals surface area contributed by atoms with Crippen LogP contribution in [0.15, 0.2) is 0 Å². The molecule has 1 spiro atoms. The van der Waals surface area contributed by atoms with Gasteiger partial charge in [-0.25, -0.2) is 0 Å². The van der Waals surface area contributed by atoms with Crippen LogP contribution in [0.1, 0.15) is 39.5 Å². The van der Waals surface area contributed by atoms with Gasteiger partial charge in [0.05, 0.1) is 24.4 Å². The molecule has 0 aromatic heterocycles. The van der Waals surface area contributed by atoms with Gasteiger partial charge in [-0.2, -0.15) is 0 Å². The lowest BCUT2D eigenvalue weighted by Crippen LogP contribution is -2.48. The van der Waals surface area contributed by atoms with Crippen LogP contribution in [0.25, 0.3) is 0 Å². The van der Waals surface area contributed by atoms with Crippen molar-refractivity contribution in [2.45, 2.75) is 50.7 Å². The standard InChI is InChI=1S/C12H20O2/c1-11(2)12(5-6-13-11)4-3-9-7-10(9)8-14-12/h9-10H,3-8H2,1-2H3/t9-,10-,12+/m0/s1. The van der Waals surface area contributed by atoms with E-state index >= 15 is 0 Å². The monoisotopic (exact) mass is 196 g/mol. The number of hydrogen-bond acceptors (Lipinski definition) is 2. The molecule has 2 heterocycles. The molecule has 3 rings (SSSR count). The SMILES string of the molecule is CC1(C)OCC[C@]12CC[C@H]1C[C@H]1CO2. The van der Waals surface area contributed by atoms with Gasteiger partial charge in [0, 0.05) is 6.42 Å². The van der Waals surface area contributed by atoms with Crippen LogP contribution in [-0.2, 0) is 9.47 Å². The molecule has 0 aromatic carbocycles. The van der Waals surface area contributed by atoms with E-state index in [2.05, 4.69) is 13.8 Å². The van der Waals surface area contributed by atoms with Crippen molar-refractivity contribution in [2.24, 2.45) is 11.8 Å². The average molecular weight is 196 g/mol. The Hall–Kier alpha value is -0.0800. The Morgan fingerprint density at radius 1 is 1.07 bits per heavy atom. The fraction of sp³-hybridized carbons (Fsp3) is 1.00. The van der Waals surface area contributed by atoms with Crippen molar-refractivity contribution >= 4 is 0 Å². The smallest absolute Gasteiger partial charge is 0.0987 e. The second kappa shape index (κ2) is 2.73. The zero-order chi connectivity index (χ0) is 9.81. The van der Waals surface area contributed by atoms with Crippen molar-refractivity contribution in [3.8, 4) is 0 Å². The maximum Gasteiger partial charge on any atom is 0.0987 e. The maximum absolute atomic E-state index is 6.20. The molecule has 2 nitrogen and oxygen atoms in total. The van der Waals surface area contributed by atoms with Gasteiger partial charge in [-0.3, -0.25) is 0 Å². The van der Waals surface area contributed by atoms with E-state index in [9.17, 15) is 0 Å². The molecule has 0 bridgehead atoms. The zero-order valence-electron chi connectivity index (χ0n) is 9.21. The quantitative estimate of drug-likeness (QED) is 0.592. The van der Waals surface area contributed by atoms with Crippen LogP contribution in [0, 0.1) is 11.8 Å². The molecule has 0 radical (unpaired) electrons. The first-order chi connectivity index (χ1) is 6.63. The molecular weight excluding hydrogens is 176 g/mol. The summed E-state index contributed by atoms with van der Waals surface area (Å²) in [5, 5.41) is 0. The number of hydrogen-bond donors (Lipinski definition) is 0. The van der Waals surface area contributed by atoms with E-state index in [4.69, 9.17) is 9.47 Å². The fourth-order valence-corrected chi connectivity index (χ4v) is 3.20. The summed E-state index contributed by atoms with van der Waals surface area (Å²) in [5.74, 6) is 1.86. The predicted octanol–water partition coefficient (Wildman–Crippen LogP) is 2.37. The van der Waals surface area contributed by atoms with E-state index in [1.807, 2.05) is 0 Å². The Kier molecular flexibility index (Phi) is 1.79. The van der Waals surface area contributed by atoms with E-state index in [1.165, 1.54) is 19.3 Å². The van der Waals surface area contributed by atoms with Gasteiger partial charge in [0.2, 0.25) is 0 Å². The van der Waals surface area contributed by atoms with Gasteiger partial charge in [-0.05, 0) is 44.9 Å². The molecule has 2 aliphatic heterocycles. The molecule has 3 aliphatic rings. The summed E-state index contributed by atoms with van der Waals surface area (Å²) in [5.41, 5.74) is -0.0236. The summed E-state index contributed by atoms with van der Waals surface area (Å²) in [4.78, 5) is 0. The zero-order valence-corrected chi connectivity index (χ0v) is 9.21.